The molecule has 2 aromatic rings. The lowest BCUT2D eigenvalue weighted by Crippen LogP contribution is -2.47. The van der Waals surface area contributed by atoms with E-state index < -0.39 is 23.9 Å². The van der Waals surface area contributed by atoms with E-state index in [1.807, 2.05) is 12.1 Å². The predicted octanol–water partition coefficient (Wildman–Crippen LogP) is 2.44. The maximum atomic E-state index is 12.4. The average Bonchev–Trinajstić information content (AvgIpc) is 2.68. The van der Waals surface area contributed by atoms with Crippen molar-refractivity contribution < 1.29 is 24.1 Å². The minimum atomic E-state index is -0.859. The van der Waals surface area contributed by atoms with Gasteiger partial charge in [0, 0.05) is 12.1 Å². The summed E-state index contributed by atoms with van der Waals surface area (Å²) in [5.41, 5.74) is -0.0662. The number of rotatable bonds is 5. The molecule has 3 unspecified atom stereocenters. The van der Waals surface area contributed by atoms with Crippen LogP contribution in [0.5, 0.6) is 5.75 Å². The largest absolute Gasteiger partial charge is 0.497 e. The number of nitrogens with one attached hydrogen (secondary N) is 1. The second-order valence-corrected chi connectivity index (χ2v) is 8.57. The Labute approximate surface area is 175 Å². The third kappa shape index (κ3) is 5.52. The number of aliphatic hydroxyl groups is 1. The van der Waals surface area contributed by atoms with E-state index in [0.717, 1.165) is 5.39 Å². The topological polar surface area (TPSA) is 99.0 Å². The van der Waals surface area contributed by atoms with Crippen LogP contribution in [0.1, 0.15) is 33.6 Å². The van der Waals surface area contributed by atoms with E-state index in [-0.39, 0.29) is 24.8 Å². The Morgan fingerprint density at radius 2 is 2.03 bits per heavy atom. The van der Waals surface area contributed by atoms with Crippen LogP contribution in [0, 0.1) is 0 Å². The SMILES string of the molecule is COc1ccc2ccc(=O)n(CC(O)C3CCC(NC(=O)OC(C)(C)C)CO3)c2c1. The van der Waals surface area contributed by atoms with E-state index >= 15 is 0 Å². The predicted molar refractivity (Wildman–Crippen MR) is 113 cm³/mol. The molecule has 164 valence electrons. The zero-order valence-corrected chi connectivity index (χ0v) is 17.9. The van der Waals surface area contributed by atoms with Crippen LogP contribution < -0.4 is 15.6 Å². The number of benzene rings is 1. The molecule has 2 N–H and O–H groups in total. The van der Waals surface area contributed by atoms with Crippen LogP contribution in [0.25, 0.3) is 10.9 Å². The molecule has 1 amide bonds. The molecule has 0 spiro atoms. The number of aliphatic hydroxyl groups excluding tert-OH is 1. The second-order valence-electron chi connectivity index (χ2n) is 8.57. The molecule has 1 saturated heterocycles. The van der Waals surface area contributed by atoms with Gasteiger partial charge >= 0.3 is 6.09 Å². The molecule has 3 rings (SSSR count). The molecule has 30 heavy (non-hydrogen) atoms. The van der Waals surface area contributed by atoms with Gasteiger partial charge in [-0.05, 0) is 57.2 Å². The highest BCUT2D eigenvalue weighted by atomic mass is 16.6. The molecule has 0 bridgehead atoms. The smallest absolute Gasteiger partial charge is 0.407 e. The Morgan fingerprint density at radius 1 is 1.30 bits per heavy atom. The molecule has 0 aliphatic carbocycles. The fourth-order valence-electron chi connectivity index (χ4n) is 3.55. The van der Waals surface area contributed by atoms with E-state index in [2.05, 4.69) is 5.32 Å². The number of aromatic nitrogens is 1. The zero-order chi connectivity index (χ0) is 21.9. The van der Waals surface area contributed by atoms with Crippen molar-refractivity contribution >= 4 is 17.0 Å². The van der Waals surface area contributed by atoms with E-state index in [4.69, 9.17) is 14.2 Å². The molecular weight excluding hydrogens is 388 g/mol. The van der Waals surface area contributed by atoms with Gasteiger partial charge in [-0.15, -0.1) is 0 Å². The van der Waals surface area contributed by atoms with Crippen molar-refractivity contribution in [2.45, 2.75) is 64.0 Å². The van der Waals surface area contributed by atoms with Crippen molar-refractivity contribution in [3.05, 3.63) is 40.7 Å². The van der Waals surface area contributed by atoms with Crippen LogP contribution in [0.4, 0.5) is 4.79 Å². The number of hydrogen-bond donors (Lipinski definition) is 2. The van der Waals surface area contributed by atoms with Gasteiger partial charge in [-0.1, -0.05) is 0 Å². The lowest BCUT2D eigenvalue weighted by atomic mass is 10.0. The molecule has 2 heterocycles. The molecule has 1 aliphatic heterocycles. The zero-order valence-electron chi connectivity index (χ0n) is 17.9. The Kier molecular flexibility index (Phi) is 6.67. The summed E-state index contributed by atoms with van der Waals surface area (Å²) < 4.78 is 17.9. The van der Waals surface area contributed by atoms with E-state index in [9.17, 15) is 14.7 Å². The van der Waals surface area contributed by atoms with Crippen molar-refractivity contribution in [3.8, 4) is 5.75 Å². The minimum Gasteiger partial charge on any atom is -0.497 e. The highest BCUT2D eigenvalue weighted by Crippen LogP contribution is 2.22. The lowest BCUT2D eigenvalue weighted by molar-refractivity contribution is -0.0771. The molecule has 0 saturated carbocycles. The first kappa shape index (κ1) is 22.1. The monoisotopic (exact) mass is 418 g/mol. The lowest BCUT2D eigenvalue weighted by Gasteiger charge is -2.33. The molecule has 8 nitrogen and oxygen atoms in total. The van der Waals surface area contributed by atoms with Gasteiger partial charge in [-0.25, -0.2) is 4.79 Å². The minimum absolute atomic E-state index is 0.109. The summed E-state index contributed by atoms with van der Waals surface area (Å²) in [6, 6.07) is 8.56. The highest BCUT2D eigenvalue weighted by molar-refractivity contribution is 5.80. The third-order valence-electron chi connectivity index (χ3n) is 5.03. The molecule has 0 radical (unpaired) electrons. The fourth-order valence-corrected chi connectivity index (χ4v) is 3.55. The summed E-state index contributed by atoms with van der Waals surface area (Å²) in [5.74, 6) is 0.640. The fraction of sp³-hybridized carbons (Fsp3) is 0.545. The maximum Gasteiger partial charge on any atom is 0.407 e. The van der Waals surface area contributed by atoms with E-state index in [1.165, 1.54) is 10.6 Å². The molecule has 1 aliphatic rings. The van der Waals surface area contributed by atoms with Crippen LogP contribution in [-0.2, 0) is 16.0 Å². The summed E-state index contributed by atoms with van der Waals surface area (Å²) in [6.45, 7) is 5.81. The molecule has 8 heteroatoms. The number of nitrogens with zero attached hydrogens (tertiary/aromatic N) is 1. The van der Waals surface area contributed by atoms with Crippen LogP contribution in [0.2, 0.25) is 0 Å². The number of methoxy groups -OCH3 is 1. The third-order valence-corrected chi connectivity index (χ3v) is 5.03. The summed E-state index contributed by atoms with van der Waals surface area (Å²) in [4.78, 5) is 24.4. The van der Waals surface area contributed by atoms with Crippen molar-refractivity contribution in [1.82, 2.24) is 9.88 Å². The van der Waals surface area contributed by atoms with Crippen LogP contribution in [-0.4, -0.2) is 53.3 Å². The van der Waals surface area contributed by atoms with Gasteiger partial charge in [0.1, 0.15) is 11.4 Å². The first-order chi connectivity index (χ1) is 14.2. The molecule has 1 aromatic carbocycles. The Hall–Kier alpha value is -2.58. The van der Waals surface area contributed by atoms with Crippen LogP contribution in [0.3, 0.4) is 0 Å². The number of amides is 1. The standard InChI is InChI=1S/C22H30N2O6/c1-22(2,3)30-21(27)23-15-7-9-19(29-13-15)18(25)12-24-17-11-16(28-4)8-5-14(17)6-10-20(24)26/h5-6,8,10-11,15,18-19,25H,7,9,12-13H2,1-4H3,(H,23,27). The van der Waals surface area contributed by atoms with Gasteiger partial charge in [0.05, 0.1) is 44.0 Å². The summed E-state index contributed by atoms with van der Waals surface area (Å²) in [7, 11) is 1.57. The molecule has 1 fully saturated rings. The van der Waals surface area contributed by atoms with Crippen molar-refractivity contribution in [1.29, 1.82) is 0 Å². The maximum absolute atomic E-state index is 12.4. The van der Waals surface area contributed by atoms with E-state index in [0.29, 0.717) is 24.1 Å². The average molecular weight is 418 g/mol. The number of hydrogen-bond acceptors (Lipinski definition) is 6. The summed E-state index contributed by atoms with van der Waals surface area (Å²) in [5, 5.41) is 14.4. The van der Waals surface area contributed by atoms with Gasteiger partial charge in [0.15, 0.2) is 0 Å². The van der Waals surface area contributed by atoms with Crippen molar-refractivity contribution in [3.63, 3.8) is 0 Å². The van der Waals surface area contributed by atoms with Gasteiger partial charge in [0.25, 0.3) is 5.56 Å². The van der Waals surface area contributed by atoms with Gasteiger partial charge in [-0.2, -0.15) is 0 Å². The summed E-state index contributed by atoms with van der Waals surface area (Å²) >= 11 is 0. The van der Waals surface area contributed by atoms with Gasteiger partial charge < -0.3 is 29.2 Å². The molecule has 1 aromatic heterocycles. The van der Waals surface area contributed by atoms with Crippen LogP contribution in [0.15, 0.2) is 35.1 Å². The first-order valence-corrected chi connectivity index (χ1v) is 10.1. The first-order valence-electron chi connectivity index (χ1n) is 10.1. The number of carbonyl (C=O) groups excluding carboxylic acids is 1. The Balaban J connectivity index is 1.63. The Morgan fingerprint density at radius 3 is 2.67 bits per heavy atom. The number of carbonyl (C=O) groups is 1. The summed E-state index contributed by atoms with van der Waals surface area (Å²) in [6.07, 6.45) is -0.549. The van der Waals surface area contributed by atoms with E-state index in [1.54, 1.807) is 40.0 Å². The highest BCUT2D eigenvalue weighted by Gasteiger charge is 2.29. The Bertz CT molecular complexity index is 941. The van der Waals surface area contributed by atoms with Gasteiger partial charge in [-0.3, -0.25) is 4.79 Å². The molecular formula is C22H30N2O6. The quantitative estimate of drug-likeness (QED) is 0.774. The van der Waals surface area contributed by atoms with Gasteiger partial charge in [0.2, 0.25) is 0 Å². The number of alkyl carbamates (subject to hydrolysis) is 1. The normalized spacial score (nSPS) is 20.6. The van der Waals surface area contributed by atoms with Crippen LogP contribution >= 0.6 is 0 Å². The number of pyridine rings is 1. The second kappa shape index (κ2) is 9.06. The molecule has 3 atom stereocenters. The van der Waals surface area contributed by atoms with Crippen molar-refractivity contribution in [2.75, 3.05) is 13.7 Å². The number of fused-ring (bicyclic) bond motifs is 1. The number of ether oxygens (including phenoxy) is 3. The van der Waals surface area contributed by atoms with Crippen molar-refractivity contribution in [2.24, 2.45) is 0 Å².